The van der Waals surface area contributed by atoms with Crippen LogP contribution in [0.5, 0.6) is 0 Å². The van der Waals surface area contributed by atoms with Crippen LogP contribution >= 0.6 is 0 Å². The fourth-order valence-electron chi connectivity index (χ4n) is 3.61. The Hall–Kier alpha value is -4.17. The van der Waals surface area contributed by atoms with Crippen molar-refractivity contribution in [2.45, 2.75) is 50.4 Å². The molecule has 0 saturated heterocycles. The number of aliphatic hydroxyl groups excluding tert-OH is 1. The third kappa shape index (κ3) is 9.09. The number of benzene rings is 1. The van der Waals surface area contributed by atoms with E-state index in [1.807, 2.05) is 24.3 Å². The van der Waals surface area contributed by atoms with Crippen molar-refractivity contribution in [1.29, 1.82) is 0 Å². The number of nitrogens with two attached hydrogens (primary N) is 3. The number of hydrogen-bond donors (Lipinski definition) is 9. The lowest BCUT2D eigenvalue weighted by Crippen LogP contribution is -2.58. The number of nitrogens with zero attached hydrogens (tertiary/aromatic N) is 1. The summed E-state index contributed by atoms with van der Waals surface area (Å²) in [6.07, 6.45) is 1.02. The summed E-state index contributed by atoms with van der Waals surface area (Å²) >= 11 is 0. The van der Waals surface area contributed by atoms with Gasteiger partial charge in [0, 0.05) is 23.6 Å². The quantitative estimate of drug-likeness (QED) is 0.0735. The Kier molecular flexibility index (Phi) is 10.8. The topological polar surface area (TPSA) is 251 Å². The minimum atomic E-state index is -1.45. The highest BCUT2D eigenvalue weighted by atomic mass is 16.4. The molecule has 1 aromatic heterocycles. The van der Waals surface area contributed by atoms with Crippen LogP contribution < -0.4 is 33.2 Å². The van der Waals surface area contributed by atoms with E-state index in [1.165, 1.54) is 6.92 Å². The van der Waals surface area contributed by atoms with Gasteiger partial charge in [-0.25, -0.2) is 0 Å². The standard InChI is InChI=1S/C23H34N8O6/c1-12(32)19(22(37)29-11-18(33)34)31-21(36)17(7-4-8-27-23(25)26)30-20(35)15(24)9-13-10-28-16-6-3-2-5-14(13)16/h2-3,5-6,10,12,15,17,19,28,32H,4,7-9,11,24H2,1H3,(H,29,37)(H,30,35)(H,31,36)(H,33,34)(H4,25,26,27). The Labute approximate surface area is 213 Å². The average Bonchev–Trinajstić information content (AvgIpc) is 3.24. The van der Waals surface area contributed by atoms with E-state index in [0.29, 0.717) is 6.42 Å². The van der Waals surface area contributed by atoms with E-state index in [-0.39, 0.29) is 25.3 Å². The predicted molar refractivity (Wildman–Crippen MR) is 136 cm³/mol. The number of guanidine groups is 1. The Morgan fingerprint density at radius 1 is 1.08 bits per heavy atom. The molecule has 0 fully saturated rings. The number of hydrogen-bond acceptors (Lipinski definition) is 7. The number of carboxylic acid groups (broad SMARTS) is 1. The molecule has 0 saturated carbocycles. The van der Waals surface area contributed by atoms with Crippen molar-refractivity contribution in [3.05, 3.63) is 36.0 Å². The molecule has 3 amide bonds. The molecule has 2 rings (SSSR count). The molecule has 0 aliphatic carbocycles. The highest BCUT2D eigenvalue weighted by molar-refractivity contribution is 5.94. The molecule has 12 N–H and O–H groups in total. The van der Waals surface area contributed by atoms with Gasteiger partial charge in [0.1, 0.15) is 18.6 Å². The van der Waals surface area contributed by atoms with E-state index in [0.717, 1.165) is 16.5 Å². The average molecular weight is 519 g/mol. The smallest absolute Gasteiger partial charge is 0.322 e. The molecule has 14 nitrogen and oxygen atoms in total. The fourth-order valence-corrected chi connectivity index (χ4v) is 3.61. The van der Waals surface area contributed by atoms with Crippen molar-refractivity contribution in [3.8, 4) is 0 Å². The number of H-pyrrole nitrogens is 1. The number of amides is 3. The second-order valence-corrected chi connectivity index (χ2v) is 8.52. The van der Waals surface area contributed by atoms with Gasteiger partial charge >= 0.3 is 5.97 Å². The summed E-state index contributed by atoms with van der Waals surface area (Å²) < 4.78 is 0. The lowest BCUT2D eigenvalue weighted by atomic mass is 10.0. The molecule has 0 bridgehead atoms. The van der Waals surface area contributed by atoms with Crippen molar-refractivity contribution in [2.24, 2.45) is 22.2 Å². The number of nitrogens with one attached hydrogen (secondary N) is 4. The van der Waals surface area contributed by atoms with Gasteiger partial charge in [0.25, 0.3) is 0 Å². The molecule has 37 heavy (non-hydrogen) atoms. The summed E-state index contributed by atoms with van der Waals surface area (Å²) in [6.45, 7) is 0.746. The number of aromatic amines is 1. The number of fused-ring (bicyclic) bond motifs is 1. The highest BCUT2D eigenvalue weighted by Gasteiger charge is 2.30. The SMILES string of the molecule is CC(O)C(NC(=O)C(CCCN=C(N)N)NC(=O)C(N)Cc1c[nH]c2ccccc12)C(=O)NCC(=O)O. The summed E-state index contributed by atoms with van der Waals surface area (Å²) in [5.41, 5.74) is 18.5. The number of carbonyl (C=O) groups is 4. The van der Waals surface area contributed by atoms with Crippen molar-refractivity contribution in [2.75, 3.05) is 13.1 Å². The second kappa shape index (κ2) is 13.8. The van der Waals surface area contributed by atoms with Crippen LogP contribution in [0.25, 0.3) is 10.9 Å². The van der Waals surface area contributed by atoms with Crippen molar-refractivity contribution < 1.29 is 29.4 Å². The normalized spacial score (nSPS) is 14.1. The van der Waals surface area contributed by atoms with E-state index < -0.39 is 54.5 Å². The van der Waals surface area contributed by atoms with Crippen LogP contribution in [-0.4, -0.2) is 82.2 Å². The Morgan fingerprint density at radius 3 is 2.43 bits per heavy atom. The maximum Gasteiger partial charge on any atom is 0.322 e. The molecule has 0 aliphatic rings. The first-order valence-electron chi connectivity index (χ1n) is 11.6. The minimum Gasteiger partial charge on any atom is -0.480 e. The highest BCUT2D eigenvalue weighted by Crippen LogP contribution is 2.18. The molecule has 1 heterocycles. The molecule has 2 aromatic rings. The zero-order chi connectivity index (χ0) is 27.5. The van der Waals surface area contributed by atoms with E-state index in [9.17, 15) is 24.3 Å². The first kappa shape index (κ1) is 29.1. The molecule has 0 radical (unpaired) electrons. The number of aliphatic imine (C=N–C) groups is 1. The van der Waals surface area contributed by atoms with Gasteiger partial charge < -0.3 is 48.3 Å². The summed E-state index contributed by atoms with van der Waals surface area (Å²) in [7, 11) is 0. The molecule has 0 spiro atoms. The summed E-state index contributed by atoms with van der Waals surface area (Å²) in [5, 5.41) is 26.7. The van der Waals surface area contributed by atoms with Crippen LogP contribution in [0.1, 0.15) is 25.3 Å². The Balaban J connectivity index is 2.11. The predicted octanol–water partition coefficient (Wildman–Crippen LogP) is -2.36. The largest absolute Gasteiger partial charge is 0.480 e. The number of aliphatic hydroxyl groups is 1. The maximum absolute atomic E-state index is 13.0. The van der Waals surface area contributed by atoms with Crippen LogP contribution in [0.4, 0.5) is 0 Å². The van der Waals surface area contributed by atoms with Gasteiger partial charge in [-0.3, -0.25) is 24.2 Å². The van der Waals surface area contributed by atoms with Crippen LogP contribution in [0.2, 0.25) is 0 Å². The minimum absolute atomic E-state index is 0.0947. The molecule has 4 atom stereocenters. The fraction of sp³-hybridized carbons (Fsp3) is 0.435. The van der Waals surface area contributed by atoms with Crippen LogP contribution in [0.3, 0.4) is 0 Å². The molecule has 4 unspecified atom stereocenters. The van der Waals surface area contributed by atoms with E-state index in [4.69, 9.17) is 22.3 Å². The van der Waals surface area contributed by atoms with Crippen molar-refractivity contribution in [1.82, 2.24) is 20.9 Å². The van der Waals surface area contributed by atoms with Crippen LogP contribution in [-0.2, 0) is 25.6 Å². The van der Waals surface area contributed by atoms with Gasteiger partial charge in [-0.05, 0) is 37.8 Å². The number of carbonyl (C=O) groups excluding carboxylic acids is 3. The molecule has 202 valence electrons. The van der Waals surface area contributed by atoms with Crippen LogP contribution in [0, 0.1) is 0 Å². The van der Waals surface area contributed by atoms with Crippen molar-refractivity contribution >= 4 is 40.6 Å². The zero-order valence-electron chi connectivity index (χ0n) is 20.4. The van der Waals surface area contributed by atoms with Gasteiger partial charge in [0.2, 0.25) is 17.7 Å². The lowest BCUT2D eigenvalue weighted by molar-refractivity contribution is -0.139. The first-order valence-corrected chi connectivity index (χ1v) is 11.6. The van der Waals surface area contributed by atoms with Crippen LogP contribution in [0.15, 0.2) is 35.5 Å². The number of carboxylic acids is 1. The van der Waals surface area contributed by atoms with Crippen molar-refractivity contribution in [3.63, 3.8) is 0 Å². The molecular weight excluding hydrogens is 484 g/mol. The molecular formula is C23H34N8O6. The number of aromatic nitrogens is 1. The van der Waals surface area contributed by atoms with Gasteiger partial charge in [0.05, 0.1) is 12.1 Å². The summed E-state index contributed by atoms with van der Waals surface area (Å²) in [5.74, 6) is -3.69. The Morgan fingerprint density at radius 2 is 1.78 bits per heavy atom. The molecule has 0 aliphatic heterocycles. The lowest BCUT2D eigenvalue weighted by Gasteiger charge is -2.25. The molecule has 1 aromatic carbocycles. The summed E-state index contributed by atoms with van der Waals surface area (Å²) in [6, 6.07) is 3.97. The number of rotatable bonds is 14. The van der Waals surface area contributed by atoms with E-state index in [2.05, 4.69) is 25.9 Å². The van der Waals surface area contributed by atoms with Gasteiger partial charge in [-0.15, -0.1) is 0 Å². The van der Waals surface area contributed by atoms with Gasteiger partial charge in [-0.2, -0.15) is 0 Å². The second-order valence-electron chi connectivity index (χ2n) is 8.52. The van der Waals surface area contributed by atoms with Gasteiger partial charge in [-0.1, -0.05) is 18.2 Å². The first-order chi connectivity index (χ1) is 17.5. The third-order valence-electron chi connectivity index (χ3n) is 5.51. The monoisotopic (exact) mass is 518 g/mol. The van der Waals surface area contributed by atoms with E-state index >= 15 is 0 Å². The number of para-hydroxylation sites is 1. The molecule has 14 heteroatoms. The number of aliphatic carboxylic acids is 1. The maximum atomic E-state index is 13.0. The zero-order valence-corrected chi connectivity index (χ0v) is 20.4. The van der Waals surface area contributed by atoms with Gasteiger partial charge in [0.15, 0.2) is 5.96 Å². The Bertz CT molecular complexity index is 1130. The van der Waals surface area contributed by atoms with E-state index in [1.54, 1.807) is 6.20 Å². The summed E-state index contributed by atoms with van der Waals surface area (Å²) in [4.78, 5) is 55.9. The third-order valence-corrected chi connectivity index (χ3v) is 5.51.